The van der Waals surface area contributed by atoms with Crippen molar-refractivity contribution in [1.29, 1.82) is 0 Å². The lowest BCUT2D eigenvalue weighted by atomic mass is 9.98. The highest BCUT2D eigenvalue weighted by atomic mass is 32.2. The molecule has 0 unspecified atom stereocenters. The number of hydrogen-bond acceptors (Lipinski definition) is 11. The number of amides is 7. The highest BCUT2D eigenvalue weighted by molar-refractivity contribution is 7.98. The van der Waals surface area contributed by atoms with Crippen molar-refractivity contribution >= 4 is 82.6 Å². The Bertz CT molecular complexity index is 2120. The van der Waals surface area contributed by atoms with Crippen molar-refractivity contribution in [1.82, 2.24) is 42.2 Å². The number of H-pyrrole nitrogens is 1. The maximum absolute atomic E-state index is 14.3. The molecule has 362 valence electrons. The van der Waals surface area contributed by atoms with Crippen molar-refractivity contribution in [2.75, 3.05) is 24.3 Å². The Balaban J connectivity index is 1.77. The Morgan fingerprint density at radius 2 is 1.23 bits per heavy atom. The van der Waals surface area contributed by atoms with Gasteiger partial charge in [-0.05, 0) is 59.8 Å². The fourth-order valence-corrected chi connectivity index (χ4v) is 7.74. The molecule has 0 bridgehead atoms. The van der Waals surface area contributed by atoms with E-state index in [0.29, 0.717) is 23.3 Å². The van der Waals surface area contributed by atoms with E-state index in [1.165, 1.54) is 11.8 Å². The Morgan fingerprint density at radius 3 is 1.82 bits per heavy atom. The molecule has 66 heavy (non-hydrogen) atoms. The topological polar surface area (TPSA) is 283 Å². The number of nitrogens with two attached hydrogens (primary N) is 1. The average molecular weight is 954 g/mol. The van der Waals surface area contributed by atoms with Crippen LogP contribution in [0.2, 0.25) is 0 Å². The minimum absolute atomic E-state index is 0.0116. The number of para-hydroxylation sites is 1. The number of fused-ring (bicyclic) bond motifs is 1. The van der Waals surface area contributed by atoms with Gasteiger partial charge in [0.15, 0.2) is 0 Å². The lowest BCUT2D eigenvalue weighted by Gasteiger charge is -2.29. The molecule has 3 aromatic rings. The molecule has 0 aliphatic rings. The molecule has 0 spiro atoms. The molecule has 1 aromatic heterocycles. The van der Waals surface area contributed by atoms with Crippen LogP contribution in [0.3, 0.4) is 0 Å². The van der Waals surface area contributed by atoms with Crippen molar-refractivity contribution in [2.24, 2.45) is 23.5 Å². The van der Waals surface area contributed by atoms with Crippen molar-refractivity contribution in [2.45, 2.75) is 110 Å². The summed E-state index contributed by atoms with van der Waals surface area (Å²) in [5.74, 6) is -6.55. The van der Waals surface area contributed by atoms with Gasteiger partial charge in [0.25, 0.3) is 0 Å². The van der Waals surface area contributed by atoms with Gasteiger partial charge in [-0.1, -0.05) is 90.1 Å². The Kier molecular flexibility index (Phi) is 22.5. The van der Waals surface area contributed by atoms with E-state index in [-0.39, 0.29) is 30.9 Å². The lowest BCUT2D eigenvalue weighted by Crippen LogP contribution is -2.61. The number of rotatable bonds is 27. The molecule has 7 atom stereocenters. The number of thiol groups is 1. The molecule has 7 amide bonds. The van der Waals surface area contributed by atoms with Gasteiger partial charge in [0.1, 0.15) is 36.3 Å². The third-order valence-electron chi connectivity index (χ3n) is 10.7. The van der Waals surface area contributed by atoms with E-state index in [2.05, 4.69) is 54.8 Å². The second-order valence-corrected chi connectivity index (χ2v) is 18.6. The predicted molar refractivity (Wildman–Crippen MR) is 258 cm³/mol. The molecule has 0 aliphatic heterocycles. The standard InChI is InChI=1S/C46H67N9O9S2/c1-25(2)19-31(47)40(57)51-33(17-18-66-7)41(58)49-23-37(56)50-36(24-65)43(60)52-34(21-29-22-48-32-16-12-11-15-30(29)32)42(59)54-39(27(5)6)45(62)55-38(26(3)4)44(61)53-35(46(63)64)20-28-13-9-8-10-14-28/h8-16,22,25-27,31,33-36,38-39,48,65H,17-21,23-24,47H2,1-7H3,(H,49,58)(H,50,56)(H,51,57)(H,52,60)(H,53,61)(H,54,59)(H,55,62)(H,63,64)/t31-,33-,34-,35-,36-,38-,39-/m0/s1. The van der Waals surface area contributed by atoms with E-state index in [0.717, 1.165) is 10.9 Å². The Morgan fingerprint density at radius 1 is 0.667 bits per heavy atom. The summed E-state index contributed by atoms with van der Waals surface area (Å²) in [6.45, 7) is 10.1. The number of hydrogen-bond donors (Lipinski definition) is 11. The molecular formula is C46H67N9O9S2. The summed E-state index contributed by atoms with van der Waals surface area (Å²) in [4.78, 5) is 110. The molecule has 20 heteroatoms. The van der Waals surface area contributed by atoms with Crippen molar-refractivity contribution in [3.8, 4) is 0 Å². The molecule has 2 aromatic carbocycles. The molecular weight excluding hydrogens is 887 g/mol. The number of carbonyl (C=O) groups excluding carboxylic acids is 7. The predicted octanol–water partition coefficient (Wildman–Crippen LogP) is 1.43. The van der Waals surface area contributed by atoms with Crippen molar-refractivity contribution in [3.63, 3.8) is 0 Å². The molecule has 1 heterocycles. The van der Waals surface area contributed by atoms with Crippen LogP contribution < -0.4 is 43.0 Å². The van der Waals surface area contributed by atoms with E-state index in [9.17, 15) is 43.5 Å². The molecule has 0 radical (unpaired) electrons. The van der Waals surface area contributed by atoms with Gasteiger partial charge < -0.3 is 53.0 Å². The molecule has 3 rings (SSSR count). The summed E-state index contributed by atoms with van der Waals surface area (Å²) in [7, 11) is 0. The number of carboxylic acids is 1. The van der Waals surface area contributed by atoms with Crippen LogP contribution in [0.15, 0.2) is 60.8 Å². The van der Waals surface area contributed by atoms with E-state index in [1.54, 1.807) is 64.2 Å². The number of thioether (sulfide) groups is 1. The maximum atomic E-state index is 14.3. The number of benzene rings is 2. The number of carboxylic acid groups (broad SMARTS) is 1. The van der Waals surface area contributed by atoms with Crippen LogP contribution in [-0.2, 0) is 51.2 Å². The van der Waals surface area contributed by atoms with Crippen LogP contribution in [0.5, 0.6) is 0 Å². The third kappa shape index (κ3) is 17.3. The van der Waals surface area contributed by atoms with Gasteiger partial charge in [0, 0.05) is 35.7 Å². The van der Waals surface area contributed by atoms with Crippen molar-refractivity contribution < 1.29 is 43.5 Å². The average Bonchev–Trinajstić information content (AvgIpc) is 3.68. The first kappa shape index (κ1) is 54.7. The maximum Gasteiger partial charge on any atom is 0.326 e. The quantitative estimate of drug-likeness (QED) is 0.0487. The number of aromatic nitrogens is 1. The highest BCUT2D eigenvalue weighted by Gasteiger charge is 2.35. The largest absolute Gasteiger partial charge is 0.480 e. The number of aliphatic carboxylic acids is 1. The van der Waals surface area contributed by atoms with E-state index >= 15 is 0 Å². The molecule has 18 nitrogen and oxygen atoms in total. The zero-order chi connectivity index (χ0) is 49.1. The zero-order valence-electron chi connectivity index (χ0n) is 38.6. The lowest BCUT2D eigenvalue weighted by molar-refractivity contribution is -0.142. The molecule has 0 fully saturated rings. The monoisotopic (exact) mass is 953 g/mol. The third-order valence-corrected chi connectivity index (χ3v) is 11.7. The first-order valence-corrected chi connectivity index (χ1v) is 24.0. The fourth-order valence-electron chi connectivity index (χ4n) is 7.01. The van der Waals surface area contributed by atoms with E-state index < -0.39 is 108 Å². The van der Waals surface area contributed by atoms with Crippen LogP contribution in [0.4, 0.5) is 0 Å². The van der Waals surface area contributed by atoms with E-state index in [4.69, 9.17) is 5.73 Å². The summed E-state index contributed by atoms with van der Waals surface area (Å²) in [5, 5.41) is 29.1. The summed E-state index contributed by atoms with van der Waals surface area (Å²) >= 11 is 5.76. The van der Waals surface area contributed by atoms with Gasteiger partial charge in [-0.25, -0.2) is 4.79 Å². The zero-order valence-corrected chi connectivity index (χ0v) is 40.4. The SMILES string of the molecule is CSCC[C@H](NC(=O)[C@@H](N)CC(C)C)C(=O)NCC(=O)N[C@@H](CS)C(=O)N[C@@H](Cc1c[nH]c2ccccc12)C(=O)N[C@H](C(=O)N[C@H](C(=O)N[C@@H](Cc1ccccc1)C(=O)O)C(C)C)C(C)C. The van der Waals surface area contributed by atoms with Crippen LogP contribution in [0.1, 0.15) is 65.5 Å². The summed E-state index contributed by atoms with van der Waals surface area (Å²) in [6, 6.07) is 8.12. The summed E-state index contributed by atoms with van der Waals surface area (Å²) < 4.78 is 0. The van der Waals surface area contributed by atoms with Crippen LogP contribution in [0.25, 0.3) is 10.9 Å². The minimum atomic E-state index is -1.30. The minimum Gasteiger partial charge on any atom is -0.480 e. The van der Waals surface area contributed by atoms with Gasteiger partial charge in [-0.3, -0.25) is 33.6 Å². The molecule has 11 N–H and O–H groups in total. The van der Waals surface area contributed by atoms with Gasteiger partial charge in [0.2, 0.25) is 41.4 Å². The Hall–Kier alpha value is -5.60. The van der Waals surface area contributed by atoms with Crippen LogP contribution >= 0.6 is 24.4 Å². The summed E-state index contributed by atoms with van der Waals surface area (Å²) in [5.41, 5.74) is 8.16. The highest BCUT2D eigenvalue weighted by Crippen LogP contribution is 2.20. The van der Waals surface area contributed by atoms with Gasteiger partial charge in [-0.2, -0.15) is 24.4 Å². The van der Waals surface area contributed by atoms with Gasteiger partial charge in [-0.15, -0.1) is 0 Å². The normalized spacial score (nSPS) is 14.5. The second-order valence-electron chi connectivity index (χ2n) is 17.3. The van der Waals surface area contributed by atoms with E-state index in [1.807, 2.05) is 44.4 Å². The number of aromatic amines is 1. The van der Waals surface area contributed by atoms with Gasteiger partial charge >= 0.3 is 5.97 Å². The van der Waals surface area contributed by atoms with Crippen molar-refractivity contribution in [3.05, 3.63) is 71.9 Å². The number of nitrogens with one attached hydrogen (secondary N) is 8. The molecule has 0 aliphatic carbocycles. The van der Waals surface area contributed by atoms with Gasteiger partial charge in [0.05, 0.1) is 12.6 Å². The molecule has 0 saturated carbocycles. The first-order valence-electron chi connectivity index (χ1n) is 22.0. The fraction of sp³-hybridized carbons (Fsp3) is 0.522. The smallest absolute Gasteiger partial charge is 0.326 e. The first-order chi connectivity index (χ1) is 31.2. The second kappa shape index (κ2) is 27.1. The Labute approximate surface area is 396 Å². The molecule has 0 saturated heterocycles. The summed E-state index contributed by atoms with van der Waals surface area (Å²) in [6.07, 6.45) is 4.22. The number of carbonyl (C=O) groups is 8. The van der Waals surface area contributed by atoms with Crippen LogP contribution in [0, 0.1) is 17.8 Å². The van der Waals surface area contributed by atoms with Crippen LogP contribution in [-0.4, -0.2) is 124 Å².